The molecule has 33 heavy (non-hydrogen) atoms. The van der Waals surface area contributed by atoms with E-state index in [1.54, 1.807) is 36.3 Å². The van der Waals surface area contributed by atoms with Crippen molar-refractivity contribution in [2.75, 3.05) is 12.4 Å². The average molecular weight is 450 g/mol. The molecule has 7 nitrogen and oxygen atoms in total. The molecule has 1 saturated heterocycles. The molecule has 2 aliphatic rings. The average Bonchev–Trinajstić information content (AvgIpc) is 2.78. The number of hydrogen-bond donors (Lipinski definition) is 2. The number of fused-ring (bicyclic) bond motifs is 1. The van der Waals surface area contributed by atoms with Crippen LogP contribution in [0.25, 0.3) is 0 Å². The summed E-state index contributed by atoms with van der Waals surface area (Å²) in [7, 11) is 1.57. The molecule has 4 rings (SSSR count). The van der Waals surface area contributed by atoms with E-state index in [0.717, 1.165) is 36.8 Å². The van der Waals surface area contributed by atoms with Crippen LogP contribution in [0.4, 0.5) is 5.69 Å². The van der Waals surface area contributed by atoms with E-state index in [-0.39, 0.29) is 36.2 Å². The summed E-state index contributed by atoms with van der Waals surface area (Å²) < 4.78 is 5.20. The maximum Gasteiger partial charge on any atom is 0.254 e. The molecule has 1 aliphatic heterocycles. The third-order valence-electron chi connectivity index (χ3n) is 6.51. The van der Waals surface area contributed by atoms with E-state index in [4.69, 9.17) is 4.74 Å². The van der Waals surface area contributed by atoms with Crippen molar-refractivity contribution in [1.82, 2.24) is 10.2 Å². The third-order valence-corrected chi connectivity index (χ3v) is 6.51. The van der Waals surface area contributed by atoms with E-state index >= 15 is 0 Å². The van der Waals surface area contributed by atoms with Crippen molar-refractivity contribution >= 4 is 23.4 Å². The largest absolute Gasteiger partial charge is 0.497 e. The smallest absolute Gasteiger partial charge is 0.254 e. The summed E-state index contributed by atoms with van der Waals surface area (Å²) in [5.41, 5.74) is 3.26. The Hall–Kier alpha value is -3.35. The van der Waals surface area contributed by atoms with Gasteiger partial charge in [-0.3, -0.25) is 14.4 Å². The van der Waals surface area contributed by atoms with Crippen LogP contribution in [0.15, 0.2) is 42.5 Å². The summed E-state index contributed by atoms with van der Waals surface area (Å²) in [5, 5.41) is 5.98. The van der Waals surface area contributed by atoms with E-state index < -0.39 is 6.04 Å². The molecule has 3 amide bonds. The number of piperazine rings is 1. The van der Waals surface area contributed by atoms with Crippen LogP contribution in [0.2, 0.25) is 0 Å². The van der Waals surface area contributed by atoms with Crippen molar-refractivity contribution in [1.29, 1.82) is 0 Å². The molecule has 2 fully saturated rings. The normalized spacial score (nSPS) is 22.2. The second kappa shape index (κ2) is 9.65. The molecule has 1 aliphatic carbocycles. The van der Waals surface area contributed by atoms with Crippen LogP contribution in [0.3, 0.4) is 0 Å². The van der Waals surface area contributed by atoms with E-state index in [1.165, 1.54) is 0 Å². The fourth-order valence-corrected chi connectivity index (χ4v) is 5.05. The van der Waals surface area contributed by atoms with Gasteiger partial charge in [0.1, 0.15) is 11.8 Å². The highest BCUT2D eigenvalue weighted by atomic mass is 16.5. The summed E-state index contributed by atoms with van der Waals surface area (Å²) in [6.45, 7) is 3.94. The Morgan fingerprint density at radius 2 is 1.73 bits per heavy atom. The first kappa shape index (κ1) is 22.8. The van der Waals surface area contributed by atoms with Gasteiger partial charge in [0.25, 0.3) is 5.91 Å². The lowest BCUT2D eigenvalue weighted by atomic mass is 9.84. The first-order chi connectivity index (χ1) is 15.9. The fourth-order valence-electron chi connectivity index (χ4n) is 5.05. The van der Waals surface area contributed by atoms with Gasteiger partial charge in [0, 0.05) is 17.3 Å². The lowest BCUT2D eigenvalue weighted by molar-refractivity contribution is -0.135. The number of nitrogens with one attached hydrogen (secondary N) is 2. The Labute approximate surface area is 194 Å². The molecule has 1 saturated carbocycles. The lowest BCUT2D eigenvalue weighted by Gasteiger charge is -2.48. The maximum atomic E-state index is 13.6. The minimum atomic E-state index is -0.857. The van der Waals surface area contributed by atoms with Gasteiger partial charge in [-0.15, -0.1) is 0 Å². The number of aryl methyl sites for hydroxylation is 2. The van der Waals surface area contributed by atoms with Crippen molar-refractivity contribution in [2.24, 2.45) is 0 Å². The molecule has 7 heteroatoms. The van der Waals surface area contributed by atoms with Crippen LogP contribution in [0.5, 0.6) is 5.75 Å². The minimum Gasteiger partial charge on any atom is -0.497 e. The molecule has 2 aromatic rings. The van der Waals surface area contributed by atoms with Gasteiger partial charge in [-0.2, -0.15) is 0 Å². The van der Waals surface area contributed by atoms with Crippen LogP contribution < -0.4 is 15.4 Å². The first-order valence-corrected chi connectivity index (χ1v) is 11.5. The van der Waals surface area contributed by atoms with Gasteiger partial charge in [0.2, 0.25) is 11.8 Å². The second-order valence-corrected chi connectivity index (χ2v) is 9.05. The molecular weight excluding hydrogens is 418 g/mol. The van der Waals surface area contributed by atoms with Crippen LogP contribution in [0, 0.1) is 13.8 Å². The van der Waals surface area contributed by atoms with Crippen molar-refractivity contribution < 1.29 is 19.1 Å². The van der Waals surface area contributed by atoms with Gasteiger partial charge in [-0.25, -0.2) is 0 Å². The van der Waals surface area contributed by atoms with Crippen molar-refractivity contribution in [3.63, 3.8) is 0 Å². The zero-order chi connectivity index (χ0) is 23.5. The van der Waals surface area contributed by atoms with Crippen LogP contribution in [-0.2, 0) is 9.59 Å². The highest BCUT2D eigenvalue weighted by molar-refractivity contribution is 6.01. The molecule has 174 valence electrons. The number of methoxy groups -OCH3 is 1. The number of hydrogen-bond acceptors (Lipinski definition) is 4. The Morgan fingerprint density at radius 3 is 2.39 bits per heavy atom. The number of amides is 3. The molecule has 2 N–H and O–H groups in total. The fraction of sp³-hybridized carbons (Fsp3) is 0.423. The standard InChI is InChI=1S/C26H31N3O4/c1-16-12-17(2)14-19(13-16)27-24(30)15-23-25(31)28-21-6-4-5-7-22(21)29(23)26(32)18-8-10-20(33-3)11-9-18/h8-14,21-23H,4-7,15H2,1-3H3,(H,27,30)(H,28,31)/t21-,22-,23-/m0/s1. The molecule has 0 unspecified atom stereocenters. The molecule has 2 aromatic carbocycles. The van der Waals surface area contributed by atoms with Crippen molar-refractivity contribution in [3.8, 4) is 5.75 Å². The van der Waals surface area contributed by atoms with Gasteiger partial charge in [-0.05, 0) is 74.2 Å². The second-order valence-electron chi connectivity index (χ2n) is 9.05. The zero-order valence-corrected chi connectivity index (χ0v) is 19.4. The van der Waals surface area contributed by atoms with Gasteiger partial charge < -0.3 is 20.3 Å². The third kappa shape index (κ3) is 5.02. The number of ether oxygens (including phenoxy) is 1. The molecular formula is C26H31N3O4. The number of carbonyl (C=O) groups is 3. The topological polar surface area (TPSA) is 87.7 Å². The molecule has 0 aromatic heterocycles. The van der Waals surface area contributed by atoms with Crippen LogP contribution in [-0.4, -0.2) is 47.9 Å². The molecule has 0 radical (unpaired) electrons. The summed E-state index contributed by atoms with van der Waals surface area (Å²) in [4.78, 5) is 41.3. The predicted octanol–water partition coefficient (Wildman–Crippen LogP) is 3.59. The number of anilines is 1. The van der Waals surface area contributed by atoms with E-state index in [1.807, 2.05) is 32.0 Å². The molecule has 3 atom stereocenters. The highest BCUT2D eigenvalue weighted by Gasteiger charge is 2.46. The van der Waals surface area contributed by atoms with Gasteiger partial charge in [0.15, 0.2) is 0 Å². The Balaban J connectivity index is 1.59. The van der Waals surface area contributed by atoms with Gasteiger partial charge in [0.05, 0.1) is 19.6 Å². The Kier molecular flexibility index (Phi) is 6.67. The van der Waals surface area contributed by atoms with E-state index in [2.05, 4.69) is 10.6 Å². The first-order valence-electron chi connectivity index (χ1n) is 11.5. The molecule has 0 spiro atoms. The van der Waals surface area contributed by atoms with Crippen molar-refractivity contribution in [2.45, 2.75) is 64.1 Å². The van der Waals surface area contributed by atoms with Crippen LogP contribution in [0.1, 0.15) is 53.6 Å². The lowest BCUT2D eigenvalue weighted by Crippen LogP contribution is -2.68. The number of carbonyl (C=O) groups excluding carboxylic acids is 3. The Morgan fingerprint density at radius 1 is 1.06 bits per heavy atom. The summed E-state index contributed by atoms with van der Waals surface area (Å²) in [6, 6.07) is 11.6. The zero-order valence-electron chi connectivity index (χ0n) is 19.4. The Bertz CT molecular complexity index is 1030. The highest BCUT2D eigenvalue weighted by Crippen LogP contribution is 2.31. The van der Waals surface area contributed by atoms with Gasteiger partial charge in [-0.1, -0.05) is 18.9 Å². The summed E-state index contributed by atoms with van der Waals surface area (Å²) in [6.07, 6.45) is 3.56. The predicted molar refractivity (Wildman–Crippen MR) is 126 cm³/mol. The monoisotopic (exact) mass is 449 g/mol. The van der Waals surface area contributed by atoms with E-state index in [0.29, 0.717) is 17.0 Å². The van der Waals surface area contributed by atoms with Crippen LogP contribution >= 0.6 is 0 Å². The molecule has 1 heterocycles. The van der Waals surface area contributed by atoms with E-state index in [9.17, 15) is 14.4 Å². The summed E-state index contributed by atoms with van der Waals surface area (Å²) in [5.74, 6) is -0.131. The van der Waals surface area contributed by atoms with Gasteiger partial charge >= 0.3 is 0 Å². The number of nitrogens with zero attached hydrogens (tertiary/aromatic N) is 1. The summed E-state index contributed by atoms with van der Waals surface area (Å²) >= 11 is 0. The van der Waals surface area contributed by atoms with Crippen molar-refractivity contribution in [3.05, 3.63) is 59.2 Å². The quantitative estimate of drug-likeness (QED) is 0.730. The SMILES string of the molecule is COc1ccc(C(=O)N2[C@@H](CC(=O)Nc3cc(C)cc(C)c3)C(=O)N[C@H]3CCCC[C@@H]32)cc1. The number of rotatable bonds is 5. The number of benzene rings is 2. The molecule has 0 bridgehead atoms. The minimum absolute atomic E-state index is 0.0767. The maximum absolute atomic E-state index is 13.6.